The molecule has 0 radical (unpaired) electrons. The van der Waals surface area contributed by atoms with Crippen LogP contribution < -0.4 is 5.32 Å². The van der Waals surface area contributed by atoms with Gasteiger partial charge in [-0.1, -0.05) is 48.4 Å². The third kappa shape index (κ3) is 4.08. The molecule has 0 aliphatic carbocycles. The average Bonchev–Trinajstić information content (AvgIpc) is 2.84. The maximum atomic E-state index is 6.33. The predicted octanol–water partition coefficient (Wildman–Crippen LogP) is 4.15. The van der Waals surface area contributed by atoms with Crippen molar-refractivity contribution in [2.45, 2.75) is 45.7 Å². The highest BCUT2D eigenvalue weighted by molar-refractivity contribution is 6.31. The van der Waals surface area contributed by atoms with Gasteiger partial charge in [0.15, 0.2) is 0 Å². The van der Waals surface area contributed by atoms with Gasteiger partial charge in [-0.05, 0) is 38.8 Å². The summed E-state index contributed by atoms with van der Waals surface area (Å²) in [6, 6.07) is 8.96. The zero-order chi connectivity index (χ0) is 15.2. The quantitative estimate of drug-likeness (QED) is 0.833. The molecule has 0 amide bonds. The lowest BCUT2D eigenvalue weighted by molar-refractivity contribution is 0.477. The Kier molecular flexibility index (Phi) is 5.83. The average molecular weight is 306 g/mol. The van der Waals surface area contributed by atoms with Crippen molar-refractivity contribution in [2.75, 3.05) is 7.05 Å². The van der Waals surface area contributed by atoms with Gasteiger partial charge in [0.2, 0.25) is 0 Å². The van der Waals surface area contributed by atoms with Crippen LogP contribution in [0.15, 0.2) is 30.5 Å². The monoisotopic (exact) mass is 305 g/mol. The number of benzene rings is 1. The Hall–Kier alpha value is -1.32. The lowest BCUT2D eigenvalue weighted by atomic mass is 10.0. The molecule has 4 heteroatoms. The third-order valence-corrected chi connectivity index (χ3v) is 4.08. The summed E-state index contributed by atoms with van der Waals surface area (Å²) >= 11 is 6.33. The van der Waals surface area contributed by atoms with Crippen molar-refractivity contribution >= 4 is 11.6 Å². The molecule has 0 spiro atoms. The molecule has 1 aromatic carbocycles. The first-order chi connectivity index (χ1) is 10.2. The maximum Gasteiger partial charge on any atom is 0.0834 e. The van der Waals surface area contributed by atoms with E-state index in [0.717, 1.165) is 36.5 Å². The minimum Gasteiger partial charge on any atom is -0.312 e. The molecule has 0 fully saturated rings. The van der Waals surface area contributed by atoms with E-state index in [4.69, 9.17) is 11.6 Å². The fourth-order valence-electron chi connectivity index (χ4n) is 2.59. The molecule has 1 atom stereocenters. The number of nitrogens with zero attached hydrogens (tertiary/aromatic N) is 2. The largest absolute Gasteiger partial charge is 0.312 e. The molecule has 0 aliphatic heterocycles. The van der Waals surface area contributed by atoms with Crippen molar-refractivity contribution < 1.29 is 0 Å². The highest BCUT2D eigenvalue weighted by Crippen LogP contribution is 2.26. The predicted molar refractivity (Wildman–Crippen MR) is 88.8 cm³/mol. The van der Waals surface area contributed by atoms with Crippen LogP contribution in [0.25, 0.3) is 0 Å². The Balaban J connectivity index is 2.09. The van der Waals surface area contributed by atoms with Gasteiger partial charge in [-0.3, -0.25) is 4.68 Å². The van der Waals surface area contributed by atoms with Crippen LogP contribution in [0, 0.1) is 6.92 Å². The smallest absolute Gasteiger partial charge is 0.0834 e. The highest BCUT2D eigenvalue weighted by atomic mass is 35.5. The fourth-order valence-corrected chi connectivity index (χ4v) is 2.86. The Morgan fingerprint density at radius 1 is 1.29 bits per heavy atom. The van der Waals surface area contributed by atoms with Crippen molar-refractivity contribution in [1.29, 1.82) is 0 Å². The van der Waals surface area contributed by atoms with Crippen LogP contribution in [0.4, 0.5) is 0 Å². The Bertz CT molecular complexity index is 560. The number of aromatic nitrogens is 2. The lowest BCUT2D eigenvalue weighted by Gasteiger charge is -2.18. The summed E-state index contributed by atoms with van der Waals surface area (Å²) in [7, 11) is 1.99. The van der Waals surface area contributed by atoms with Gasteiger partial charge in [-0.15, -0.1) is 0 Å². The minimum atomic E-state index is 0.229. The summed E-state index contributed by atoms with van der Waals surface area (Å²) in [5.74, 6) is 0. The van der Waals surface area contributed by atoms with E-state index in [1.54, 1.807) is 6.20 Å². The van der Waals surface area contributed by atoms with Gasteiger partial charge in [-0.2, -0.15) is 5.10 Å². The fraction of sp³-hybridized carbons (Fsp3) is 0.471. The van der Waals surface area contributed by atoms with E-state index in [-0.39, 0.29) is 6.04 Å². The first-order valence-electron chi connectivity index (χ1n) is 7.59. The first-order valence-corrected chi connectivity index (χ1v) is 7.97. The summed E-state index contributed by atoms with van der Waals surface area (Å²) in [6.07, 6.45) is 4.84. The molecular formula is C17H24ClN3. The molecule has 1 N–H and O–H groups in total. The van der Waals surface area contributed by atoms with Crippen LogP contribution in [-0.4, -0.2) is 16.8 Å². The van der Waals surface area contributed by atoms with E-state index in [2.05, 4.69) is 48.5 Å². The number of aryl methyl sites for hydroxylation is 3. The van der Waals surface area contributed by atoms with Crippen molar-refractivity contribution in [3.8, 4) is 0 Å². The number of hydrogen-bond acceptors (Lipinski definition) is 2. The van der Waals surface area contributed by atoms with Crippen molar-refractivity contribution in [3.63, 3.8) is 0 Å². The molecule has 21 heavy (non-hydrogen) atoms. The summed E-state index contributed by atoms with van der Waals surface area (Å²) in [6.45, 7) is 5.17. The molecule has 2 rings (SSSR count). The molecule has 114 valence electrons. The molecule has 0 saturated carbocycles. The molecular weight excluding hydrogens is 282 g/mol. The van der Waals surface area contributed by atoms with Crippen LogP contribution >= 0.6 is 11.6 Å². The van der Waals surface area contributed by atoms with Crippen LogP contribution in [0.1, 0.15) is 42.6 Å². The Morgan fingerprint density at radius 2 is 2.00 bits per heavy atom. The SMILES string of the molecule is CCCn1ncc(Cl)c1C(CCc1ccc(C)cc1)NC. The highest BCUT2D eigenvalue weighted by Gasteiger charge is 2.18. The molecule has 1 aromatic heterocycles. The van der Waals surface area contributed by atoms with E-state index in [0.29, 0.717) is 0 Å². The number of hydrogen-bond donors (Lipinski definition) is 1. The topological polar surface area (TPSA) is 29.9 Å². The van der Waals surface area contributed by atoms with Crippen molar-refractivity contribution in [1.82, 2.24) is 15.1 Å². The second-order valence-corrected chi connectivity index (χ2v) is 5.87. The van der Waals surface area contributed by atoms with E-state index in [9.17, 15) is 0 Å². The van der Waals surface area contributed by atoms with Crippen LogP contribution in [0.5, 0.6) is 0 Å². The van der Waals surface area contributed by atoms with Gasteiger partial charge in [0.05, 0.1) is 23.0 Å². The van der Waals surface area contributed by atoms with Gasteiger partial charge in [0.25, 0.3) is 0 Å². The number of rotatable bonds is 7. The van der Waals surface area contributed by atoms with Crippen LogP contribution in [0.3, 0.4) is 0 Å². The van der Waals surface area contributed by atoms with Gasteiger partial charge < -0.3 is 5.32 Å². The second-order valence-electron chi connectivity index (χ2n) is 5.47. The standard InChI is InChI=1S/C17H24ClN3/c1-4-11-21-17(15(18)12-20-21)16(19-3)10-9-14-7-5-13(2)6-8-14/h5-8,12,16,19H,4,9-11H2,1-3H3. The molecule has 1 heterocycles. The van der Waals surface area contributed by atoms with Gasteiger partial charge in [0.1, 0.15) is 0 Å². The molecule has 2 aromatic rings. The number of halogens is 1. The van der Waals surface area contributed by atoms with E-state index in [1.807, 2.05) is 11.7 Å². The van der Waals surface area contributed by atoms with Gasteiger partial charge in [0, 0.05) is 6.54 Å². The summed E-state index contributed by atoms with van der Waals surface area (Å²) in [5.41, 5.74) is 3.76. The summed E-state index contributed by atoms with van der Waals surface area (Å²) in [5, 5.41) is 8.52. The van der Waals surface area contributed by atoms with Crippen molar-refractivity contribution in [2.24, 2.45) is 0 Å². The van der Waals surface area contributed by atoms with Gasteiger partial charge >= 0.3 is 0 Å². The molecule has 0 saturated heterocycles. The Labute approximate surface area is 132 Å². The Morgan fingerprint density at radius 3 is 2.62 bits per heavy atom. The first kappa shape index (κ1) is 16.1. The zero-order valence-electron chi connectivity index (χ0n) is 13.1. The lowest BCUT2D eigenvalue weighted by Crippen LogP contribution is -2.21. The minimum absolute atomic E-state index is 0.229. The number of nitrogens with one attached hydrogen (secondary N) is 1. The van der Waals surface area contributed by atoms with Crippen LogP contribution in [0.2, 0.25) is 5.02 Å². The van der Waals surface area contributed by atoms with Crippen LogP contribution in [-0.2, 0) is 13.0 Å². The maximum absolute atomic E-state index is 6.33. The van der Waals surface area contributed by atoms with E-state index in [1.165, 1.54) is 11.1 Å². The molecule has 3 nitrogen and oxygen atoms in total. The zero-order valence-corrected chi connectivity index (χ0v) is 13.8. The van der Waals surface area contributed by atoms with E-state index < -0.39 is 0 Å². The molecule has 1 unspecified atom stereocenters. The third-order valence-electron chi connectivity index (χ3n) is 3.79. The van der Waals surface area contributed by atoms with E-state index >= 15 is 0 Å². The van der Waals surface area contributed by atoms with Gasteiger partial charge in [-0.25, -0.2) is 0 Å². The normalized spacial score (nSPS) is 12.6. The summed E-state index contributed by atoms with van der Waals surface area (Å²) in [4.78, 5) is 0. The second kappa shape index (κ2) is 7.62. The molecule has 0 aliphatic rings. The summed E-state index contributed by atoms with van der Waals surface area (Å²) < 4.78 is 2.03. The van der Waals surface area contributed by atoms with Crippen molar-refractivity contribution in [3.05, 3.63) is 52.3 Å². The molecule has 0 bridgehead atoms.